The molecule has 0 saturated carbocycles. The van der Waals surface area contributed by atoms with Gasteiger partial charge in [0.15, 0.2) is 5.96 Å². The van der Waals surface area contributed by atoms with E-state index in [-0.39, 0.29) is 36.4 Å². The maximum Gasteiger partial charge on any atom is 0.243 e. The van der Waals surface area contributed by atoms with Crippen molar-refractivity contribution in [3.8, 4) is 0 Å². The van der Waals surface area contributed by atoms with Crippen molar-refractivity contribution in [2.45, 2.75) is 11.4 Å². The van der Waals surface area contributed by atoms with Gasteiger partial charge >= 0.3 is 0 Å². The largest absolute Gasteiger partial charge is 0.356 e. The van der Waals surface area contributed by atoms with Crippen molar-refractivity contribution in [1.82, 2.24) is 15.5 Å². The van der Waals surface area contributed by atoms with Crippen LogP contribution < -0.4 is 10.6 Å². The standard InChI is InChI=1S/C18H24N4OS2.HI/c1-22(2)17(23)14-21-18(20-13-16-9-6-11-24-16)19-10-12-25-15-7-4-3-5-8-15;/h3-9,11H,10,12-14H2,1-2H3,(H2,19,20,21);1H. The van der Waals surface area contributed by atoms with Gasteiger partial charge in [0, 0.05) is 36.2 Å². The highest BCUT2D eigenvalue weighted by molar-refractivity contribution is 14.0. The Morgan fingerprint density at radius 1 is 1.15 bits per heavy atom. The summed E-state index contributed by atoms with van der Waals surface area (Å²) in [6, 6.07) is 14.4. The van der Waals surface area contributed by atoms with Crippen LogP contribution in [-0.4, -0.2) is 49.7 Å². The monoisotopic (exact) mass is 504 g/mol. The summed E-state index contributed by atoms with van der Waals surface area (Å²) in [6.07, 6.45) is 0. The molecule has 1 aromatic heterocycles. The molecular weight excluding hydrogens is 479 g/mol. The fraction of sp³-hybridized carbons (Fsp3) is 0.333. The number of guanidine groups is 1. The van der Waals surface area contributed by atoms with Gasteiger partial charge in [0.05, 0.1) is 6.54 Å². The molecule has 1 heterocycles. The van der Waals surface area contributed by atoms with Crippen LogP contribution in [0.2, 0.25) is 0 Å². The number of nitrogens with zero attached hydrogens (tertiary/aromatic N) is 2. The third kappa shape index (κ3) is 8.91. The number of nitrogens with one attached hydrogen (secondary N) is 2. The Hall–Kier alpha value is -1.26. The van der Waals surface area contributed by atoms with E-state index in [4.69, 9.17) is 0 Å². The number of halogens is 1. The molecular formula is C18H25IN4OS2. The van der Waals surface area contributed by atoms with Gasteiger partial charge < -0.3 is 15.5 Å². The third-order valence-electron chi connectivity index (χ3n) is 3.29. The van der Waals surface area contributed by atoms with Gasteiger partial charge in [-0.25, -0.2) is 4.99 Å². The van der Waals surface area contributed by atoms with Gasteiger partial charge in [-0.1, -0.05) is 24.3 Å². The number of rotatable bonds is 8. The second-order valence-corrected chi connectivity index (χ2v) is 7.67. The first kappa shape index (κ1) is 22.8. The molecule has 2 aromatic rings. The molecule has 26 heavy (non-hydrogen) atoms. The van der Waals surface area contributed by atoms with E-state index in [1.807, 2.05) is 29.6 Å². The summed E-state index contributed by atoms with van der Waals surface area (Å²) in [6.45, 7) is 1.61. The third-order valence-corrected chi connectivity index (χ3v) is 5.18. The Morgan fingerprint density at radius 2 is 1.92 bits per heavy atom. The van der Waals surface area contributed by atoms with Gasteiger partial charge in [-0.05, 0) is 23.6 Å². The lowest BCUT2D eigenvalue weighted by molar-refractivity contribution is -0.127. The lowest BCUT2D eigenvalue weighted by Gasteiger charge is -2.13. The molecule has 0 radical (unpaired) electrons. The van der Waals surface area contributed by atoms with E-state index in [0.29, 0.717) is 12.5 Å². The zero-order chi connectivity index (χ0) is 17.9. The van der Waals surface area contributed by atoms with Crippen LogP contribution in [0.15, 0.2) is 57.7 Å². The maximum atomic E-state index is 11.8. The Bertz CT molecular complexity index is 663. The summed E-state index contributed by atoms with van der Waals surface area (Å²) in [4.78, 5) is 20.2. The number of carbonyl (C=O) groups excluding carboxylic acids is 1. The van der Waals surface area contributed by atoms with E-state index >= 15 is 0 Å². The molecule has 2 rings (SSSR count). The van der Waals surface area contributed by atoms with E-state index < -0.39 is 0 Å². The van der Waals surface area contributed by atoms with Crippen LogP contribution in [0.3, 0.4) is 0 Å². The number of thiophene rings is 1. The van der Waals surface area contributed by atoms with Crippen molar-refractivity contribution in [2.24, 2.45) is 4.99 Å². The Morgan fingerprint density at radius 3 is 2.58 bits per heavy atom. The lowest BCUT2D eigenvalue weighted by atomic mass is 10.4. The van der Waals surface area contributed by atoms with Gasteiger partial charge in [-0.2, -0.15) is 0 Å². The molecule has 0 atom stereocenters. The Labute approximate surface area is 180 Å². The van der Waals surface area contributed by atoms with Gasteiger partial charge in [0.2, 0.25) is 5.91 Å². The molecule has 0 fully saturated rings. The molecule has 1 amide bonds. The van der Waals surface area contributed by atoms with E-state index in [9.17, 15) is 4.79 Å². The number of thioether (sulfide) groups is 1. The van der Waals surface area contributed by atoms with E-state index in [2.05, 4.69) is 33.8 Å². The topological polar surface area (TPSA) is 56.7 Å². The van der Waals surface area contributed by atoms with Crippen molar-refractivity contribution in [3.63, 3.8) is 0 Å². The molecule has 2 N–H and O–H groups in total. The number of carbonyl (C=O) groups is 1. The molecule has 0 unspecified atom stereocenters. The average Bonchev–Trinajstić information content (AvgIpc) is 3.14. The minimum absolute atomic E-state index is 0. The van der Waals surface area contributed by atoms with Crippen LogP contribution in [0.5, 0.6) is 0 Å². The predicted octanol–water partition coefficient (Wildman–Crippen LogP) is 3.28. The van der Waals surface area contributed by atoms with Crippen molar-refractivity contribution < 1.29 is 4.79 Å². The summed E-state index contributed by atoms with van der Waals surface area (Å²) >= 11 is 3.48. The first-order valence-electron chi connectivity index (χ1n) is 8.07. The van der Waals surface area contributed by atoms with Crippen molar-refractivity contribution in [2.75, 3.05) is 32.9 Å². The molecule has 0 aliphatic heterocycles. The lowest BCUT2D eigenvalue weighted by Crippen LogP contribution is -2.39. The van der Waals surface area contributed by atoms with E-state index in [1.165, 1.54) is 9.77 Å². The molecule has 8 heteroatoms. The molecule has 0 aliphatic carbocycles. The van der Waals surface area contributed by atoms with Gasteiger partial charge in [-0.3, -0.25) is 4.79 Å². The van der Waals surface area contributed by atoms with Crippen LogP contribution in [0.4, 0.5) is 0 Å². The van der Waals surface area contributed by atoms with Gasteiger partial charge in [-0.15, -0.1) is 47.1 Å². The minimum Gasteiger partial charge on any atom is -0.356 e. The van der Waals surface area contributed by atoms with E-state index in [1.54, 1.807) is 42.1 Å². The van der Waals surface area contributed by atoms with Crippen molar-refractivity contribution in [3.05, 3.63) is 52.7 Å². The number of hydrogen-bond donors (Lipinski definition) is 2. The number of benzene rings is 1. The highest BCUT2D eigenvalue weighted by Crippen LogP contribution is 2.15. The van der Waals surface area contributed by atoms with Crippen LogP contribution in [0.1, 0.15) is 4.88 Å². The zero-order valence-electron chi connectivity index (χ0n) is 15.0. The number of aliphatic imine (C=N–C) groups is 1. The van der Waals surface area contributed by atoms with E-state index in [0.717, 1.165) is 12.3 Å². The van der Waals surface area contributed by atoms with Gasteiger partial charge in [0.1, 0.15) is 6.54 Å². The average molecular weight is 504 g/mol. The Balaban J connectivity index is 0.00000338. The maximum absolute atomic E-state index is 11.8. The molecule has 0 bridgehead atoms. The zero-order valence-corrected chi connectivity index (χ0v) is 18.9. The molecule has 0 saturated heterocycles. The number of likely N-dealkylation sites (N-methyl/N-ethyl adjacent to an activating group) is 1. The first-order valence-corrected chi connectivity index (χ1v) is 9.94. The van der Waals surface area contributed by atoms with Crippen LogP contribution in [-0.2, 0) is 11.3 Å². The molecule has 5 nitrogen and oxygen atoms in total. The van der Waals surface area contributed by atoms with Crippen LogP contribution >= 0.6 is 47.1 Å². The number of amides is 1. The fourth-order valence-corrected chi connectivity index (χ4v) is 3.34. The number of hydrogen-bond acceptors (Lipinski definition) is 4. The Kier molecular flexibility index (Phi) is 11.4. The summed E-state index contributed by atoms with van der Waals surface area (Å²) in [5, 5.41) is 8.63. The fourth-order valence-electron chi connectivity index (χ4n) is 1.90. The summed E-state index contributed by atoms with van der Waals surface area (Å²) < 4.78 is 0. The van der Waals surface area contributed by atoms with Crippen molar-refractivity contribution in [1.29, 1.82) is 0 Å². The van der Waals surface area contributed by atoms with Crippen LogP contribution in [0.25, 0.3) is 0 Å². The predicted molar refractivity (Wildman–Crippen MR) is 123 cm³/mol. The smallest absolute Gasteiger partial charge is 0.243 e. The molecule has 0 aliphatic rings. The first-order chi connectivity index (χ1) is 12.1. The molecule has 142 valence electrons. The molecule has 1 aromatic carbocycles. The SMILES string of the molecule is CN(C)C(=O)CN=C(NCCSc1ccccc1)NCc1cccs1.I. The highest BCUT2D eigenvalue weighted by Gasteiger charge is 2.05. The second-order valence-electron chi connectivity index (χ2n) is 5.47. The van der Waals surface area contributed by atoms with Crippen LogP contribution in [0, 0.1) is 0 Å². The summed E-state index contributed by atoms with van der Waals surface area (Å²) in [5.41, 5.74) is 0. The second kappa shape index (κ2) is 13.0. The van der Waals surface area contributed by atoms with Crippen molar-refractivity contribution >= 4 is 58.9 Å². The minimum atomic E-state index is -0.0177. The summed E-state index contributed by atoms with van der Waals surface area (Å²) in [7, 11) is 3.47. The quantitative estimate of drug-likeness (QED) is 0.191. The molecule has 0 spiro atoms. The normalized spacial score (nSPS) is 10.8. The van der Waals surface area contributed by atoms with Gasteiger partial charge in [0.25, 0.3) is 0 Å². The highest BCUT2D eigenvalue weighted by atomic mass is 127. The summed E-state index contributed by atoms with van der Waals surface area (Å²) in [5.74, 6) is 1.57.